The first-order valence-electron chi connectivity index (χ1n) is 9.87. The Morgan fingerprint density at radius 3 is 2.70 bits per heavy atom. The lowest BCUT2D eigenvalue weighted by Crippen LogP contribution is -2.51. The number of nitrogens with zero attached hydrogens (tertiary/aromatic N) is 1. The summed E-state index contributed by atoms with van der Waals surface area (Å²) in [6.45, 7) is 1.36. The third kappa shape index (κ3) is 4.07. The monoisotopic (exact) mass is 431 g/mol. The van der Waals surface area contributed by atoms with Crippen molar-refractivity contribution in [3.63, 3.8) is 0 Å². The molecule has 1 fully saturated rings. The molecule has 2 aliphatic rings. The van der Waals surface area contributed by atoms with Crippen LogP contribution in [0.3, 0.4) is 0 Å². The highest BCUT2D eigenvalue weighted by Crippen LogP contribution is 2.38. The molecule has 0 aromatic heterocycles. The van der Waals surface area contributed by atoms with Gasteiger partial charge in [0, 0.05) is 30.8 Å². The highest BCUT2D eigenvalue weighted by atomic mass is 35.5. The molecule has 2 aromatic carbocycles. The van der Waals surface area contributed by atoms with Crippen LogP contribution in [0.25, 0.3) is 0 Å². The third-order valence-corrected chi connectivity index (χ3v) is 6.22. The van der Waals surface area contributed by atoms with Crippen LogP contribution in [0.4, 0.5) is 10.1 Å². The van der Waals surface area contributed by atoms with Crippen LogP contribution in [0.5, 0.6) is 11.5 Å². The number of phenolic OH excluding ortho intramolecular Hbond substituents is 1. The summed E-state index contributed by atoms with van der Waals surface area (Å²) in [5.41, 5.74) is 1.28. The highest BCUT2D eigenvalue weighted by molar-refractivity contribution is 6.32. The number of halogens is 2. The molecule has 6 nitrogen and oxygen atoms in total. The van der Waals surface area contributed by atoms with Crippen molar-refractivity contribution in [2.45, 2.75) is 25.4 Å². The molecule has 158 valence electrons. The van der Waals surface area contributed by atoms with Gasteiger partial charge in [-0.1, -0.05) is 23.7 Å². The Balaban J connectivity index is 1.39. The van der Waals surface area contributed by atoms with Crippen LogP contribution in [0.15, 0.2) is 36.4 Å². The number of fused-ring (bicyclic) bond motifs is 1. The minimum Gasteiger partial charge on any atom is -0.506 e. The Morgan fingerprint density at radius 1 is 1.33 bits per heavy atom. The SMILES string of the molecule is N=CC1(Cc2ccc(F)cc2)CCN(C(=O)C2CNc3cc(Cl)c(O)cc3O2)CC1. The van der Waals surface area contributed by atoms with Crippen molar-refractivity contribution >= 4 is 29.4 Å². The van der Waals surface area contributed by atoms with E-state index in [2.05, 4.69) is 5.32 Å². The van der Waals surface area contributed by atoms with Gasteiger partial charge in [-0.3, -0.25) is 4.79 Å². The molecule has 1 amide bonds. The van der Waals surface area contributed by atoms with Gasteiger partial charge in [-0.05, 0) is 43.0 Å². The summed E-state index contributed by atoms with van der Waals surface area (Å²) < 4.78 is 19.0. The molecule has 0 bridgehead atoms. The van der Waals surface area contributed by atoms with Crippen LogP contribution in [-0.2, 0) is 11.2 Å². The fourth-order valence-electron chi connectivity index (χ4n) is 4.07. The molecule has 2 aliphatic heterocycles. The molecule has 0 saturated carbocycles. The van der Waals surface area contributed by atoms with Crippen LogP contribution in [0, 0.1) is 16.6 Å². The number of carbonyl (C=O) groups is 1. The van der Waals surface area contributed by atoms with Gasteiger partial charge in [0.1, 0.15) is 17.3 Å². The lowest BCUT2D eigenvalue weighted by atomic mass is 9.74. The van der Waals surface area contributed by atoms with Crippen molar-refractivity contribution in [2.24, 2.45) is 5.41 Å². The number of aromatic hydroxyl groups is 1. The predicted molar refractivity (Wildman–Crippen MR) is 113 cm³/mol. The van der Waals surface area contributed by atoms with Crippen LogP contribution < -0.4 is 10.1 Å². The Labute approximate surface area is 179 Å². The molecule has 0 radical (unpaired) electrons. The van der Waals surface area contributed by atoms with Crippen LogP contribution in [0.1, 0.15) is 18.4 Å². The molecule has 2 heterocycles. The Hall–Kier alpha value is -2.80. The number of likely N-dealkylation sites (tertiary alicyclic amines) is 1. The summed E-state index contributed by atoms with van der Waals surface area (Å²) >= 11 is 5.91. The van der Waals surface area contributed by atoms with E-state index in [1.54, 1.807) is 23.1 Å². The number of carbonyl (C=O) groups excluding carboxylic acids is 1. The van der Waals surface area contributed by atoms with Gasteiger partial charge in [0.15, 0.2) is 6.10 Å². The first kappa shape index (κ1) is 20.5. The molecule has 30 heavy (non-hydrogen) atoms. The number of phenols is 1. The van der Waals surface area contributed by atoms with Crippen molar-refractivity contribution in [2.75, 3.05) is 25.0 Å². The first-order chi connectivity index (χ1) is 14.4. The van der Waals surface area contributed by atoms with Gasteiger partial charge < -0.3 is 25.5 Å². The van der Waals surface area contributed by atoms with E-state index in [4.69, 9.17) is 21.7 Å². The second kappa shape index (κ2) is 8.14. The lowest BCUT2D eigenvalue weighted by molar-refractivity contribution is -0.140. The van der Waals surface area contributed by atoms with Crippen LogP contribution in [0.2, 0.25) is 5.02 Å². The van der Waals surface area contributed by atoms with Gasteiger partial charge >= 0.3 is 0 Å². The highest BCUT2D eigenvalue weighted by Gasteiger charge is 2.37. The zero-order valence-electron chi connectivity index (χ0n) is 16.3. The summed E-state index contributed by atoms with van der Waals surface area (Å²) in [6, 6.07) is 9.34. The maximum atomic E-state index is 13.2. The van der Waals surface area contributed by atoms with E-state index < -0.39 is 6.10 Å². The van der Waals surface area contributed by atoms with E-state index in [1.165, 1.54) is 24.4 Å². The summed E-state index contributed by atoms with van der Waals surface area (Å²) in [7, 11) is 0. The zero-order chi connectivity index (χ0) is 21.3. The molecular formula is C22H23ClFN3O3. The summed E-state index contributed by atoms with van der Waals surface area (Å²) in [5.74, 6) is -0.104. The quantitative estimate of drug-likeness (QED) is 0.507. The number of rotatable bonds is 4. The smallest absolute Gasteiger partial charge is 0.265 e. The Bertz CT molecular complexity index is 959. The molecule has 1 unspecified atom stereocenters. The van der Waals surface area contributed by atoms with Crippen molar-refractivity contribution in [1.82, 2.24) is 4.90 Å². The lowest BCUT2D eigenvalue weighted by Gasteiger charge is -2.41. The molecular weight excluding hydrogens is 409 g/mol. The van der Waals surface area contributed by atoms with E-state index in [1.807, 2.05) is 0 Å². The first-order valence-corrected chi connectivity index (χ1v) is 10.2. The van der Waals surface area contributed by atoms with Gasteiger partial charge in [-0.2, -0.15) is 0 Å². The molecule has 4 rings (SSSR count). The Kier molecular flexibility index (Phi) is 5.56. The van der Waals surface area contributed by atoms with E-state index in [9.17, 15) is 14.3 Å². The number of hydrogen-bond acceptors (Lipinski definition) is 5. The summed E-state index contributed by atoms with van der Waals surface area (Å²) in [4.78, 5) is 14.7. The number of ether oxygens (including phenoxy) is 1. The van der Waals surface area contributed by atoms with Crippen LogP contribution >= 0.6 is 11.6 Å². The second-order valence-corrected chi connectivity index (χ2v) is 8.33. The van der Waals surface area contributed by atoms with Crippen molar-refractivity contribution in [3.05, 3.63) is 52.8 Å². The Morgan fingerprint density at radius 2 is 2.03 bits per heavy atom. The van der Waals surface area contributed by atoms with Crippen molar-refractivity contribution < 1.29 is 19.0 Å². The standard InChI is InChI=1S/C22H23ClFN3O3/c23-16-9-17-19(10-18(16)28)30-20(12-26-17)21(29)27-7-5-22(13-25,6-8-27)11-14-1-3-15(24)4-2-14/h1-4,9-10,13,20,25-26,28H,5-8,11-12H2. The van der Waals surface area contributed by atoms with Gasteiger partial charge in [0.05, 0.1) is 17.3 Å². The van der Waals surface area contributed by atoms with Gasteiger partial charge in [-0.15, -0.1) is 0 Å². The number of amides is 1. The summed E-state index contributed by atoms with van der Waals surface area (Å²) in [5, 5.41) is 21.1. The fraction of sp³-hybridized carbons (Fsp3) is 0.364. The number of nitrogens with one attached hydrogen (secondary N) is 2. The molecule has 0 spiro atoms. The molecule has 0 aliphatic carbocycles. The minimum absolute atomic E-state index is 0.0974. The van der Waals surface area contributed by atoms with Gasteiger partial charge in [0.2, 0.25) is 0 Å². The van der Waals surface area contributed by atoms with Crippen LogP contribution in [-0.4, -0.2) is 47.9 Å². The fourth-order valence-corrected chi connectivity index (χ4v) is 4.23. The molecule has 3 N–H and O–H groups in total. The van der Waals surface area contributed by atoms with Gasteiger partial charge in [0.25, 0.3) is 5.91 Å². The molecule has 8 heteroatoms. The topological polar surface area (TPSA) is 85.7 Å². The number of benzene rings is 2. The number of anilines is 1. The molecule has 1 saturated heterocycles. The summed E-state index contributed by atoms with van der Waals surface area (Å²) in [6.07, 6.45) is 2.75. The predicted octanol–water partition coefficient (Wildman–Crippen LogP) is 3.86. The van der Waals surface area contributed by atoms with Gasteiger partial charge in [-0.25, -0.2) is 4.39 Å². The van der Waals surface area contributed by atoms with E-state index >= 15 is 0 Å². The maximum absolute atomic E-state index is 13.2. The number of piperidine rings is 1. The van der Waals surface area contributed by atoms with Crippen molar-refractivity contribution in [3.8, 4) is 11.5 Å². The average Bonchev–Trinajstić information content (AvgIpc) is 2.76. The van der Waals surface area contributed by atoms with E-state index in [-0.39, 0.29) is 27.9 Å². The third-order valence-electron chi connectivity index (χ3n) is 5.92. The largest absolute Gasteiger partial charge is 0.506 e. The zero-order valence-corrected chi connectivity index (χ0v) is 17.1. The minimum atomic E-state index is -0.692. The average molecular weight is 432 g/mol. The molecule has 2 aromatic rings. The normalized spacial score (nSPS) is 19.9. The maximum Gasteiger partial charge on any atom is 0.265 e. The number of hydrogen-bond donors (Lipinski definition) is 3. The second-order valence-electron chi connectivity index (χ2n) is 7.92. The van der Waals surface area contributed by atoms with E-state index in [0.717, 1.165) is 5.56 Å². The van der Waals surface area contributed by atoms with Crippen molar-refractivity contribution in [1.29, 1.82) is 5.41 Å². The molecule has 1 atom stereocenters. The van der Waals surface area contributed by atoms with E-state index in [0.29, 0.717) is 50.3 Å².